The Hall–Kier alpha value is -0.650. The SMILES string of the molecule is C[C@H]1OCCN[C@@H]1C(=O)NCC1NCCCC1(C)C. The van der Waals surface area contributed by atoms with Crippen LogP contribution in [0.2, 0.25) is 0 Å². The van der Waals surface area contributed by atoms with Gasteiger partial charge in [-0.3, -0.25) is 4.79 Å². The molecule has 3 N–H and O–H groups in total. The lowest BCUT2D eigenvalue weighted by molar-refractivity contribution is -0.129. The zero-order valence-corrected chi connectivity index (χ0v) is 12.3. The minimum absolute atomic E-state index is 0.0513. The highest BCUT2D eigenvalue weighted by Crippen LogP contribution is 2.29. The van der Waals surface area contributed by atoms with Gasteiger partial charge in [-0.05, 0) is 31.7 Å². The van der Waals surface area contributed by atoms with E-state index in [4.69, 9.17) is 4.74 Å². The fourth-order valence-corrected chi connectivity index (χ4v) is 2.96. The topological polar surface area (TPSA) is 62.4 Å². The van der Waals surface area contributed by atoms with Crippen molar-refractivity contribution in [1.29, 1.82) is 0 Å². The van der Waals surface area contributed by atoms with Crippen molar-refractivity contribution in [3.05, 3.63) is 0 Å². The molecule has 0 saturated carbocycles. The average Bonchev–Trinajstić information content (AvgIpc) is 2.37. The number of hydrogen-bond donors (Lipinski definition) is 3. The van der Waals surface area contributed by atoms with Gasteiger partial charge in [-0.2, -0.15) is 0 Å². The van der Waals surface area contributed by atoms with Gasteiger partial charge in [-0.15, -0.1) is 0 Å². The minimum Gasteiger partial charge on any atom is -0.375 e. The lowest BCUT2D eigenvalue weighted by atomic mass is 9.77. The van der Waals surface area contributed by atoms with Crippen LogP contribution in [0.1, 0.15) is 33.6 Å². The molecule has 5 nitrogen and oxygen atoms in total. The van der Waals surface area contributed by atoms with E-state index in [-0.39, 0.29) is 23.5 Å². The van der Waals surface area contributed by atoms with Gasteiger partial charge in [0, 0.05) is 19.1 Å². The van der Waals surface area contributed by atoms with Crippen LogP contribution in [0, 0.1) is 5.41 Å². The van der Waals surface area contributed by atoms with Gasteiger partial charge >= 0.3 is 0 Å². The Labute approximate surface area is 115 Å². The third-order valence-corrected chi connectivity index (χ3v) is 4.41. The Bertz CT molecular complexity index is 320. The van der Waals surface area contributed by atoms with Crippen molar-refractivity contribution in [3.8, 4) is 0 Å². The van der Waals surface area contributed by atoms with Gasteiger partial charge in [0.1, 0.15) is 6.04 Å². The largest absolute Gasteiger partial charge is 0.375 e. The summed E-state index contributed by atoms with van der Waals surface area (Å²) in [6, 6.07) is 0.130. The first-order valence-corrected chi connectivity index (χ1v) is 7.37. The van der Waals surface area contributed by atoms with Crippen molar-refractivity contribution >= 4 is 5.91 Å². The van der Waals surface area contributed by atoms with Crippen molar-refractivity contribution < 1.29 is 9.53 Å². The van der Waals surface area contributed by atoms with E-state index in [0.29, 0.717) is 19.2 Å². The molecule has 1 unspecified atom stereocenters. The summed E-state index contributed by atoms with van der Waals surface area (Å²) in [6.07, 6.45) is 2.37. The van der Waals surface area contributed by atoms with E-state index in [9.17, 15) is 4.79 Å². The van der Waals surface area contributed by atoms with Crippen molar-refractivity contribution in [2.75, 3.05) is 26.2 Å². The lowest BCUT2D eigenvalue weighted by Gasteiger charge is -2.40. The molecule has 2 heterocycles. The molecule has 1 amide bonds. The van der Waals surface area contributed by atoms with Crippen LogP contribution in [-0.2, 0) is 9.53 Å². The number of piperidine rings is 1. The smallest absolute Gasteiger partial charge is 0.239 e. The summed E-state index contributed by atoms with van der Waals surface area (Å²) in [4.78, 5) is 12.2. The second kappa shape index (κ2) is 6.20. The molecule has 2 fully saturated rings. The normalized spacial score (nSPS) is 34.8. The number of morpholine rings is 1. The van der Waals surface area contributed by atoms with Crippen LogP contribution < -0.4 is 16.0 Å². The molecule has 0 aliphatic carbocycles. The fraction of sp³-hybridized carbons (Fsp3) is 0.929. The number of hydrogen-bond acceptors (Lipinski definition) is 4. The standard InChI is InChI=1S/C14H27N3O2/c1-10-12(16-7-8-19-10)13(18)17-9-11-14(2,3)5-4-6-15-11/h10-12,15-16H,4-9H2,1-3H3,(H,17,18)/t10-,11?,12+/m1/s1. The number of amides is 1. The second-order valence-electron chi connectivity index (χ2n) is 6.35. The van der Waals surface area contributed by atoms with Crippen molar-refractivity contribution in [2.24, 2.45) is 5.41 Å². The van der Waals surface area contributed by atoms with Crippen LogP contribution in [0.4, 0.5) is 0 Å². The van der Waals surface area contributed by atoms with Crippen LogP contribution in [0.3, 0.4) is 0 Å². The molecule has 3 atom stereocenters. The number of nitrogens with one attached hydrogen (secondary N) is 3. The van der Waals surface area contributed by atoms with E-state index in [1.165, 1.54) is 12.8 Å². The molecule has 0 aromatic carbocycles. The third kappa shape index (κ3) is 3.68. The minimum atomic E-state index is -0.222. The van der Waals surface area contributed by atoms with Gasteiger partial charge in [0.2, 0.25) is 5.91 Å². The number of ether oxygens (including phenoxy) is 1. The molecule has 2 aliphatic heterocycles. The van der Waals surface area contributed by atoms with E-state index in [0.717, 1.165) is 13.1 Å². The predicted molar refractivity (Wildman–Crippen MR) is 75.0 cm³/mol. The number of carbonyl (C=O) groups is 1. The molecule has 2 rings (SSSR count). The van der Waals surface area contributed by atoms with Gasteiger partial charge in [0.05, 0.1) is 12.7 Å². The highest BCUT2D eigenvalue weighted by Gasteiger charge is 2.33. The van der Waals surface area contributed by atoms with Crippen LogP contribution in [0.25, 0.3) is 0 Å². The molecule has 0 aromatic rings. The quantitative estimate of drug-likeness (QED) is 0.688. The van der Waals surface area contributed by atoms with E-state index in [2.05, 4.69) is 29.8 Å². The zero-order chi connectivity index (χ0) is 13.9. The summed E-state index contributed by atoms with van der Waals surface area (Å²) in [5.74, 6) is 0.0513. The molecule has 110 valence electrons. The van der Waals surface area contributed by atoms with Crippen molar-refractivity contribution in [3.63, 3.8) is 0 Å². The maximum absolute atomic E-state index is 12.2. The Kier molecular flexibility index (Phi) is 4.81. The van der Waals surface area contributed by atoms with Crippen molar-refractivity contribution in [1.82, 2.24) is 16.0 Å². The van der Waals surface area contributed by atoms with Gasteiger partial charge in [-0.1, -0.05) is 13.8 Å². The van der Waals surface area contributed by atoms with E-state index in [1.807, 2.05) is 6.92 Å². The molecule has 19 heavy (non-hydrogen) atoms. The lowest BCUT2D eigenvalue weighted by Crippen LogP contribution is -2.59. The summed E-state index contributed by atoms with van der Waals surface area (Å²) >= 11 is 0. The summed E-state index contributed by atoms with van der Waals surface area (Å²) in [5.41, 5.74) is 0.244. The molecule has 5 heteroatoms. The Morgan fingerprint density at radius 3 is 2.84 bits per heavy atom. The van der Waals surface area contributed by atoms with Gasteiger partial charge in [0.25, 0.3) is 0 Å². The summed E-state index contributed by atoms with van der Waals surface area (Å²) in [7, 11) is 0. The first kappa shape index (κ1) is 14.8. The molecular formula is C14H27N3O2. The second-order valence-corrected chi connectivity index (χ2v) is 6.35. The van der Waals surface area contributed by atoms with Crippen LogP contribution >= 0.6 is 0 Å². The fourth-order valence-electron chi connectivity index (χ4n) is 2.96. The van der Waals surface area contributed by atoms with Gasteiger partial charge in [-0.25, -0.2) is 0 Å². The van der Waals surface area contributed by atoms with E-state index < -0.39 is 0 Å². The number of carbonyl (C=O) groups excluding carboxylic acids is 1. The van der Waals surface area contributed by atoms with Crippen molar-refractivity contribution in [2.45, 2.75) is 51.8 Å². The van der Waals surface area contributed by atoms with E-state index >= 15 is 0 Å². The number of rotatable bonds is 3. The van der Waals surface area contributed by atoms with Gasteiger partial charge < -0.3 is 20.7 Å². The summed E-state index contributed by atoms with van der Waals surface area (Å²) < 4.78 is 5.51. The van der Waals surface area contributed by atoms with Crippen LogP contribution in [0.15, 0.2) is 0 Å². The first-order valence-electron chi connectivity index (χ1n) is 7.37. The molecule has 0 spiro atoms. The van der Waals surface area contributed by atoms with Crippen LogP contribution in [-0.4, -0.2) is 50.3 Å². The highest BCUT2D eigenvalue weighted by atomic mass is 16.5. The summed E-state index contributed by atoms with van der Waals surface area (Å²) in [5, 5.41) is 9.80. The molecule has 0 aromatic heterocycles. The third-order valence-electron chi connectivity index (χ3n) is 4.41. The molecule has 2 aliphatic rings. The molecule has 2 saturated heterocycles. The zero-order valence-electron chi connectivity index (χ0n) is 12.3. The first-order chi connectivity index (χ1) is 9.00. The average molecular weight is 269 g/mol. The Morgan fingerprint density at radius 1 is 1.37 bits per heavy atom. The maximum Gasteiger partial charge on any atom is 0.239 e. The molecule has 0 bridgehead atoms. The Balaban J connectivity index is 1.82. The monoisotopic (exact) mass is 269 g/mol. The highest BCUT2D eigenvalue weighted by molar-refractivity contribution is 5.82. The van der Waals surface area contributed by atoms with E-state index in [1.54, 1.807) is 0 Å². The predicted octanol–water partition coefficient (Wildman–Crippen LogP) is 0.258. The van der Waals surface area contributed by atoms with Gasteiger partial charge in [0.15, 0.2) is 0 Å². The Morgan fingerprint density at radius 2 is 2.16 bits per heavy atom. The maximum atomic E-state index is 12.2. The summed E-state index contributed by atoms with van der Waals surface area (Å²) in [6.45, 7) is 9.64. The molecular weight excluding hydrogens is 242 g/mol. The van der Waals surface area contributed by atoms with Crippen LogP contribution in [0.5, 0.6) is 0 Å². The molecule has 0 radical (unpaired) electrons.